The third-order valence-electron chi connectivity index (χ3n) is 9.04. The van der Waals surface area contributed by atoms with Crippen molar-refractivity contribution >= 4 is 5.97 Å². The molecule has 5 nitrogen and oxygen atoms in total. The van der Waals surface area contributed by atoms with E-state index < -0.39 is 23.1 Å². The Morgan fingerprint density at radius 2 is 1.80 bits per heavy atom. The molecule has 0 amide bonds. The molecule has 0 saturated heterocycles. The molecule has 0 aromatic rings. The predicted octanol–water partition coefficient (Wildman–Crippen LogP) is 2.18. The lowest BCUT2D eigenvalue weighted by molar-refractivity contribution is -0.240. The summed E-state index contributed by atoms with van der Waals surface area (Å²) in [5, 5.41) is 41.5. The first kappa shape index (κ1) is 17.7. The van der Waals surface area contributed by atoms with Crippen LogP contribution in [0.1, 0.15) is 64.7 Å². The van der Waals surface area contributed by atoms with Crippen LogP contribution in [0.4, 0.5) is 0 Å². The van der Waals surface area contributed by atoms with Crippen LogP contribution in [0.25, 0.3) is 0 Å². The summed E-state index contributed by atoms with van der Waals surface area (Å²) in [6.07, 6.45) is 6.20. The van der Waals surface area contributed by atoms with Crippen molar-refractivity contribution in [3.05, 3.63) is 0 Å². The number of hydrogen-bond donors (Lipinski definition) is 4. The van der Waals surface area contributed by atoms with Gasteiger partial charge in [0.2, 0.25) is 0 Å². The summed E-state index contributed by atoms with van der Waals surface area (Å²) >= 11 is 0. The average molecular weight is 352 g/mol. The van der Waals surface area contributed by atoms with Gasteiger partial charge in [0, 0.05) is 11.8 Å². The van der Waals surface area contributed by atoms with E-state index in [4.69, 9.17) is 0 Å². The van der Waals surface area contributed by atoms with Crippen molar-refractivity contribution in [2.75, 3.05) is 6.61 Å². The van der Waals surface area contributed by atoms with Gasteiger partial charge in [-0.1, -0.05) is 6.92 Å². The molecular formula is C20H32O5. The van der Waals surface area contributed by atoms with Crippen LogP contribution < -0.4 is 0 Å². The van der Waals surface area contributed by atoms with Gasteiger partial charge in [0.25, 0.3) is 0 Å². The lowest BCUT2D eigenvalue weighted by Crippen LogP contribution is -2.65. The predicted molar refractivity (Wildman–Crippen MR) is 91.7 cm³/mol. The summed E-state index contributed by atoms with van der Waals surface area (Å²) in [5.74, 6) is 0.109. The van der Waals surface area contributed by atoms with Gasteiger partial charge in [0.05, 0.1) is 24.2 Å². The van der Waals surface area contributed by atoms with Gasteiger partial charge in [-0.15, -0.1) is 0 Å². The van der Waals surface area contributed by atoms with Crippen molar-refractivity contribution < 1.29 is 25.2 Å². The van der Waals surface area contributed by atoms with Crippen molar-refractivity contribution in [2.24, 2.45) is 34.5 Å². The fraction of sp³-hybridized carbons (Fsp3) is 0.950. The molecule has 4 saturated carbocycles. The molecule has 4 N–H and O–H groups in total. The molecule has 25 heavy (non-hydrogen) atoms. The number of carboxylic acid groups (broad SMARTS) is 1. The Kier molecular flexibility index (Phi) is 4.03. The number of aliphatic hydroxyl groups is 3. The zero-order valence-electron chi connectivity index (χ0n) is 15.2. The molecule has 142 valence electrons. The summed E-state index contributed by atoms with van der Waals surface area (Å²) in [7, 11) is 0. The molecule has 4 fully saturated rings. The molecule has 8 atom stereocenters. The van der Waals surface area contributed by atoms with Gasteiger partial charge in [-0.3, -0.25) is 4.79 Å². The van der Waals surface area contributed by atoms with E-state index in [2.05, 4.69) is 6.92 Å². The lowest BCUT2D eigenvalue weighted by atomic mass is 9.43. The highest BCUT2D eigenvalue weighted by Gasteiger charge is 2.66. The lowest BCUT2D eigenvalue weighted by Gasteiger charge is -2.64. The van der Waals surface area contributed by atoms with Crippen LogP contribution in [0.3, 0.4) is 0 Å². The highest BCUT2D eigenvalue weighted by atomic mass is 16.4. The van der Waals surface area contributed by atoms with Gasteiger partial charge < -0.3 is 20.4 Å². The molecule has 0 bridgehead atoms. The molecule has 0 aliphatic heterocycles. The molecule has 4 aliphatic carbocycles. The number of hydrogen-bond acceptors (Lipinski definition) is 4. The van der Waals surface area contributed by atoms with Crippen LogP contribution in [0.2, 0.25) is 0 Å². The maximum atomic E-state index is 11.7. The van der Waals surface area contributed by atoms with Gasteiger partial charge in [-0.25, -0.2) is 0 Å². The standard InChI is InChI=1S/C20H32O5/c1-18-7-6-15-13(14(18)2-3-16(18)17(23)24)5-9-20(25)10-12(22)4-8-19(15,20)11-21/h12-16,21-22,25H,2-11H2,1H3,(H,23,24)/t12-,13+,14+,15+,16-,18+,19+,20+/m1/s1. The molecule has 5 heteroatoms. The molecule has 0 spiro atoms. The van der Waals surface area contributed by atoms with E-state index in [0.29, 0.717) is 37.5 Å². The van der Waals surface area contributed by atoms with E-state index in [1.807, 2.05) is 0 Å². The van der Waals surface area contributed by atoms with Crippen molar-refractivity contribution in [2.45, 2.75) is 76.4 Å². The van der Waals surface area contributed by atoms with E-state index >= 15 is 0 Å². The largest absolute Gasteiger partial charge is 0.481 e. The van der Waals surface area contributed by atoms with Gasteiger partial charge in [0.15, 0.2) is 0 Å². The normalized spacial score (nSPS) is 55.1. The summed E-state index contributed by atoms with van der Waals surface area (Å²) in [6, 6.07) is 0. The Hall–Kier alpha value is -0.650. The molecule has 4 rings (SSSR count). The van der Waals surface area contributed by atoms with Gasteiger partial charge >= 0.3 is 5.97 Å². The first-order valence-corrected chi connectivity index (χ1v) is 10.0. The van der Waals surface area contributed by atoms with Crippen molar-refractivity contribution in [1.82, 2.24) is 0 Å². The summed E-state index contributed by atoms with van der Waals surface area (Å²) in [4.78, 5) is 11.7. The van der Waals surface area contributed by atoms with Gasteiger partial charge in [-0.2, -0.15) is 0 Å². The third kappa shape index (κ3) is 2.21. The van der Waals surface area contributed by atoms with E-state index in [1.165, 1.54) is 0 Å². The molecule has 0 aromatic heterocycles. The van der Waals surface area contributed by atoms with Crippen LogP contribution in [0.15, 0.2) is 0 Å². The zero-order valence-corrected chi connectivity index (χ0v) is 15.2. The van der Waals surface area contributed by atoms with Crippen LogP contribution in [-0.2, 0) is 4.79 Å². The van der Waals surface area contributed by atoms with Gasteiger partial charge in [-0.05, 0) is 74.5 Å². The maximum Gasteiger partial charge on any atom is 0.307 e. The second kappa shape index (κ2) is 5.67. The Bertz CT molecular complexity index is 564. The Morgan fingerprint density at radius 1 is 1.04 bits per heavy atom. The van der Waals surface area contributed by atoms with Crippen LogP contribution in [-0.4, -0.2) is 44.7 Å². The quantitative estimate of drug-likeness (QED) is 0.611. The smallest absolute Gasteiger partial charge is 0.307 e. The number of rotatable bonds is 2. The van der Waals surface area contributed by atoms with Crippen molar-refractivity contribution in [3.63, 3.8) is 0 Å². The Labute approximate surface area is 149 Å². The number of aliphatic carboxylic acids is 1. The Balaban J connectivity index is 1.68. The second-order valence-corrected chi connectivity index (χ2v) is 9.67. The molecule has 0 unspecified atom stereocenters. The number of fused-ring (bicyclic) bond motifs is 5. The van der Waals surface area contributed by atoms with Gasteiger partial charge in [0.1, 0.15) is 0 Å². The molecule has 0 heterocycles. The van der Waals surface area contributed by atoms with E-state index in [1.54, 1.807) is 0 Å². The first-order chi connectivity index (χ1) is 11.8. The summed E-state index contributed by atoms with van der Waals surface area (Å²) in [6.45, 7) is 2.14. The highest BCUT2D eigenvalue weighted by Crippen LogP contribution is 2.68. The molecule has 0 radical (unpaired) electrons. The van der Waals surface area contributed by atoms with Crippen molar-refractivity contribution in [3.8, 4) is 0 Å². The minimum absolute atomic E-state index is 0.0246. The monoisotopic (exact) mass is 352 g/mol. The fourth-order valence-corrected chi connectivity index (χ4v) is 7.76. The SMILES string of the molecule is C[C@]12CC[C@H]3[C@@H](CC[C@]4(O)C[C@H](O)CC[C@]34CO)[C@@H]1CC[C@@H]2C(=O)O. The van der Waals surface area contributed by atoms with Crippen LogP contribution in [0, 0.1) is 34.5 Å². The number of carbonyl (C=O) groups is 1. The van der Waals surface area contributed by atoms with Crippen LogP contribution in [0.5, 0.6) is 0 Å². The molecule has 4 aliphatic rings. The second-order valence-electron chi connectivity index (χ2n) is 9.67. The number of carboxylic acids is 1. The average Bonchev–Trinajstić information content (AvgIpc) is 2.91. The zero-order chi connectivity index (χ0) is 18.0. The van der Waals surface area contributed by atoms with Crippen molar-refractivity contribution in [1.29, 1.82) is 0 Å². The fourth-order valence-electron chi connectivity index (χ4n) is 7.76. The minimum atomic E-state index is -0.973. The van der Waals surface area contributed by atoms with E-state index in [-0.39, 0.29) is 23.9 Å². The van der Waals surface area contributed by atoms with E-state index in [9.17, 15) is 25.2 Å². The highest BCUT2D eigenvalue weighted by molar-refractivity contribution is 5.71. The summed E-state index contributed by atoms with van der Waals surface area (Å²) in [5.41, 5.74) is -1.63. The number of aliphatic hydroxyl groups excluding tert-OH is 2. The molecular weight excluding hydrogens is 320 g/mol. The molecule has 0 aromatic carbocycles. The third-order valence-corrected chi connectivity index (χ3v) is 9.04. The summed E-state index contributed by atoms with van der Waals surface area (Å²) < 4.78 is 0. The topological polar surface area (TPSA) is 98.0 Å². The van der Waals surface area contributed by atoms with Crippen LogP contribution >= 0.6 is 0 Å². The van der Waals surface area contributed by atoms with E-state index in [0.717, 1.165) is 32.1 Å². The first-order valence-electron chi connectivity index (χ1n) is 10.0. The maximum absolute atomic E-state index is 11.7. The Morgan fingerprint density at radius 3 is 2.48 bits per heavy atom. The minimum Gasteiger partial charge on any atom is -0.481 e.